The van der Waals surface area contributed by atoms with E-state index in [2.05, 4.69) is 0 Å². The van der Waals surface area contributed by atoms with Crippen LogP contribution in [0.25, 0.3) is 22.0 Å². The van der Waals surface area contributed by atoms with Gasteiger partial charge >= 0.3 is 5.97 Å². The summed E-state index contributed by atoms with van der Waals surface area (Å²) < 4.78 is 21.0. The third-order valence-electron chi connectivity index (χ3n) is 4.88. The van der Waals surface area contributed by atoms with Crippen molar-refractivity contribution in [3.05, 3.63) is 95.7 Å². The summed E-state index contributed by atoms with van der Waals surface area (Å²) in [4.78, 5) is 17.3. The molecule has 4 aromatic rings. The second-order valence-electron chi connectivity index (χ2n) is 6.91. The minimum absolute atomic E-state index is 0.245. The van der Waals surface area contributed by atoms with Gasteiger partial charge in [-0.1, -0.05) is 42.5 Å². The predicted octanol–water partition coefficient (Wildman–Crippen LogP) is 5.39. The first-order chi connectivity index (χ1) is 14.6. The van der Waals surface area contributed by atoms with Crippen LogP contribution in [0.3, 0.4) is 0 Å². The molecule has 0 aliphatic heterocycles. The van der Waals surface area contributed by atoms with Gasteiger partial charge in [0.1, 0.15) is 11.4 Å². The lowest BCUT2D eigenvalue weighted by molar-refractivity contribution is 0.0524. The average Bonchev–Trinajstić information content (AvgIpc) is 2.76. The van der Waals surface area contributed by atoms with Crippen LogP contribution in [0.4, 0.5) is 10.1 Å². The summed E-state index contributed by atoms with van der Waals surface area (Å²) in [6.07, 6.45) is 1.68. The topological polar surface area (TPSA) is 43.6 Å². The van der Waals surface area contributed by atoms with Crippen LogP contribution in [0, 0.1) is 5.82 Å². The Balaban J connectivity index is 1.91. The Morgan fingerprint density at radius 1 is 1.00 bits per heavy atom. The summed E-state index contributed by atoms with van der Waals surface area (Å²) in [5.74, 6) is -0.877. The summed E-state index contributed by atoms with van der Waals surface area (Å²) in [5, 5.41) is 0.948. The molecule has 0 saturated heterocycles. The normalized spacial score (nSPS) is 11.6. The third-order valence-corrected chi connectivity index (χ3v) is 4.88. The van der Waals surface area contributed by atoms with Gasteiger partial charge in [0, 0.05) is 18.6 Å². The number of fused-ring (bicyclic) bond motifs is 1. The number of hydrogen-bond donors (Lipinski definition) is 0. The highest BCUT2D eigenvalue weighted by molar-refractivity contribution is 5.93. The first-order valence-corrected chi connectivity index (χ1v) is 9.73. The van der Waals surface area contributed by atoms with E-state index in [9.17, 15) is 9.18 Å². The summed E-state index contributed by atoms with van der Waals surface area (Å²) in [7, 11) is 1.81. The molecular formula is C25H21FN2O2. The van der Waals surface area contributed by atoms with E-state index >= 15 is 0 Å². The average molecular weight is 400 g/mol. The van der Waals surface area contributed by atoms with E-state index in [4.69, 9.17) is 9.73 Å². The van der Waals surface area contributed by atoms with Crippen molar-refractivity contribution < 1.29 is 13.9 Å². The number of pyridine rings is 1. The predicted molar refractivity (Wildman–Crippen MR) is 116 cm³/mol. The zero-order chi connectivity index (χ0) is 21.1. The lowest BCUT2D eigenvalue weighted by Gasteiger charge is -2.11. The van der Waals surface area contributed by atoms with Gasteiger partial charge in [0.2, 0.25) is 0 Å². The molecule has 1 heterocycles. The number of hydrogen-bond acceptors (Lipinski definition) is 3. The number of rotatable bonds is 4. The number of esters is 1. The summed E-state index contributed by atoms with van der Waals surface area (Å²) in [5.41, 5.74) is 3.90. The fourth-order valence-corrected chi connectivity index (χ4v) is 3.44. The monoisotopic (exact) mass is 400 g/mol. The van der Waals surface area contributed by atoms with E-state index in [1.165, 1.54) is 12.1 Å². The molecular weight excluding hydrogens is 379 g/mol. The SMILES string of the molecule is CCOC(=O)c1cn(C)c2ccc(F)cc2c1=Nc1ccc(-c2ccccc2)cc1. The molecule has 0 radical (unpaired) electrons. The minimum atomic E-state index is -0.487. The molecule has 0 saturated carbocycles. The maximum Gasteiger partial charge on any atom is 0.341 e. The Bertz CT molecular complexity index is 1280. The maximum atomic E-state index is 14.0. The highest BCUT2D eigenvalue weighted by atomic mass is 19.1. The second kappa shape index (κ2) is 8.33. The molecule has 0 N–H and O–H groups in total. The minimum Gasteiger partial charge on any atom is -0.462 e. The van der Waals surface area contributed by atoms with E-state index < -0.39 is 5.97 Å². The number of benzene rings is 3. The number of ether oxygens (including phenoxy) is 1. The van der Waals surface area contributed by atoms with E-state index in [1.807, 2.05) is 54.6 Å². The molecule has 0 aliphatic rings. The second-order valence-corrected chi connectivity index (χ2v) is 6.91. The standard InChI is InChI=1S/C25H21FN2O2/c1-3-30-25(29)22-16-28(2)23-14-11-19(26)15-21(23)24(22)27-20-12-9-18(10-13-20)17-7-5-4-6-8-17/h4-16H,3H2,1-2H3. The molecule has 3 aromatic carbocycles. The lowest BCUT2D eigenvalue weighted by Crippen LogP contribution is -2.21. The molecule has 0 fully saturated rings. The van der Waals surface area contributed by atoms with Crippen molar-refractivity contribution in [3.63, 3.8) is 0 Å². The molecule has 0 unspecified atom stereocenters. The van der Waals surface area contributed by atoms with Gasteiger partial charge in [0.25, 0.3) is 0 Å². The van der Waals surface area contributed by atoms with Crippen LogP contribution in [0.15, 0.2) is 84.0 Å². The van der Waals surface area contributed by atoms with Crippen molar-refractivity contribution in [3.8, 4) is 11.1 Å². The molecule has 0 amide bonds. The Morgan fingerprint density at radius 2 is 1.70 bits per heavy atom. The van der Waals surface area contributed by atoms with Crippen LogP contribution in [-0.4, -0.2) is 17.1 Å². The summed E-state index contributed by atoms with van der Waals surface area (Å²) >= 11 is 0. The van der Waals surface area contributed by atoms with Crippen LogP contribution in [0.1, 0.15) is 17.3 Å². The molecule has 0 atom stereocenters. The molecule has 30 heavy (non-hydrogen) atoms. The first-order valence-electron chi connectivity index (χ1n) is 9.73. The van der Waals surface area contributed by atoms with Crippen LogP contribution < -0.4 is 5.36 Å². The molecule has 4 nitrogen and oxygen atoms in total. The largest absolute Gasteiger partial charge is 0.462 e. The van der Waals surface area contributed by atoms with Gasteiger partial charge in [-0.2, -0.15) is 0 Å². The zero-order valence-corrected chi connectivity index (χ0v) is 16.8. The number of carbonyl (C=O) groups is 1. The molecule has 4 rings (SSSR count). The zero-order valence-electron chi connectivity index (χ0n) is 16.8. The van der Waals surface area contributed by atoms with Crippen LogP contribution in [0.5, 0.6) is 0 Å². The molecule has 1 aromatic heterocycles. The van der Waals surface area contributed by atoms with Gasteiger partial charge in [-0.3, -0.25) is 0 Å². The van der Waals surface area contributed by atoms with Crippen molar-refractivity contribution in [2.24, 2.45) is 12.0 Å². The fraction of sp³-hybridized carbons (Fsp3) is 0.120. The molecule has 150 valence electrons. The quantitative estimate of drug-likeness (QED) is 0.431. The summed E-state index contributed by atoms with van der Waals surface area (Å²) in [6, 6.07) is 22.2. The Morgan fingerprint density at radius 3 is 2.40 bits per heavy atom. The smallest absolute Gasteiger partial charge is 0.341 e. The van der Waals surface area contributed by atoms with E-state index in [0.29, 0.717) is 22.0 Å². The lowest BCUT2D eigenvalue weighted by atomic mass is 10.1. The van der Waals surface area contributed by atoms with Crippen molar-refractivity contribution >= 4 is 22.6 Å². The van der Waals surface area contributed by atoms with Crippen LogP contribution in [0.2, 0.25) is 0 Å². The maximum absolute atomic E-state index is 14.0. The summed E-state index contributed by atoms with van der Waals surface area (Å²) in [6.45, 7) is 1.99. The first kappa shape index (κ1) is 19.6. The van der Waals surface area contributed by atoms with Gasteiger partial charge in [-0.05, 0) is 48.4 Å². The van der Waals surface area contributed by atoms with Gasteiger partial charge in [-0.25, -0.2) is 14.2 Å². The van der Waals surface area contributed by atoms with Crippen molar-refractivity contribution in [1.82, 2.24) is 4.57 Å². The van der Waals surface area contributed by atoms with Gasteiger partial charge in [0.05, 0.1) is 23.2 Å². The van der Waals surface area contributed by atoms with E-state index in [0.717, 1.165) is 16.6 Å². The number of nitrogens with zero attached hydrogens (tertiary/aromatic N) is 2. The van der Waals surface area contributed by atoms with E-state index in [-0.39, 0.29) is 12.4 Å². The van der Waals surface area contributed by atoms with Gasteiger partial charge in [-0.15, -0.1) is 0 Å². The highest BCUT2D eigenvalue weighted by Gasteiger charge is 2.15. The van der Waals surface area contributed by atoms with Gasteiger partial charge in [0.15, 0.2) is 0 Å². The number of halogens is 1. The molecule has 5 heteroatoms. The number of aromatic nitrogens is 1. The number of aryl methyl sites for hydroxylation is 1. The van der Waals surface area contributed by atoms with Crippen LogP contribution in [-0.2, 0) is 11.8 Å². The van der Waals surface area contributed by atoms with Crippen molar-refractivity contribution in [2.45, 2.75) is 6.92 Å². The van der Waals surface area contributed by atoms with Crippen molar-refractivity contribution in [2.75, 3.05) is 6.61 Å². The molecule has 0 bridgehead atoms. The third kappa shape index (κ3) is 3.87. The molecule has 0 aliphatic carbocycles. The van der Waals surface area contributed by atoms with E-state index in [1.54, 1.807) is 30.8 Å². The Kier molecular flexibility index (Phi) is 5.44. The van der Waals surface area contributed by atoms with Gasteiger partial charge < -0.3 is 9.30 Å². The van der Waals surface area contributed by atoms with Crippen molar-refractivity contribution in [1.29, 1.82) is 0 Å². The fourth-order valence-electron chi connectivity index (χ4n) is 3.44. The Hall–Kier alpha value is -3.73. The molecule has 0 spiro atoms. The van der Waals surface area contributed by atoms with Crippen LogP contribution >= 0.6 is 0 Å². The number of carbonyl (C=O) groups excluding carboxylic acids is 1. The highest BCUT2D eigenvalue weighted by Crippen LogP contribution is 2.23. The Labute approximate surface area is 173 Å².